The molecule has 13 nitrogen and oxygen atoms in total. The highest BCUT2D eigenvalue weighted by molar-refractivity contribution is 5.98. The van der Waals surface area contributed by atoms with Crippen LogP contribution in [0.2, 0.25) is 0 Å². The third-order valence-corrected chi connectivity index (χ3v) is 8.63. The number of aliphatic hydroxyl groups excluding tert-OH is 1. The van der Waals surface area contributed by atoms with Crippen LogP contribution in [0.1, 0.15) is 52.4 Å². The van der Waals surface area contributed by atoms with Gasteiger partial charge in [-0.25, -0.2) is 4.98 Å². The second-order valence-corrected chi connectivity index (χ2v) is 11.7. The van der Waals surface area contributed by atoms with Gasteiger partial charge in [-0.05, 0) is 37.0 Å². The molecule has 2 amide bonds. The quantitative estimate of drug-likeness (QED) is 0.244. The average molecular weight is 562 g/mol. The van der Waals surface area contributed by atoms with Crippen molar-refractivity contribution in [2.45, 2.75) is 62.5 Å². The summed E-state index contributed by atoms with van der Waals surface area (Å²) < 4.78 is 5.93. The van der Waals surface area contributed by atoms with Gasteiger partial charge in [0, 0.05) is 24.3 Å². The fraction of sp³-hybridized carbons (Fsp3) is 0.464. The summed E-state index contributed by atoms with van der Waals surface area (Å²) in [6.07, 6.45) is -0.350. The minimum absolute atomic E-state index is 0.0103. The van der Waals surface area contributed by atoms with Crippen LogP contribution in [0.3, 0.4) is 0 Å². The molecule has 4 aliphatic heterocycles. The molecule has 1 aromatic carbocycles. The van der Waals surface area contributed by atoms with E-state index >= 15 is 0 Å². The number of fused-ring (bicyclic) bond motifs is 1. The first kappa shape index (κ1) is 26.8. The molecule has 3 fully saturated rings. The highest BCUT2D eigenvalue weighted by Gasteiger charge is 2.66. The van der Waals surface area contributed by atoms with Crippen molar-refractivity contribution in [3.8, 4) is 5.75 Å². The lowest BCUT2D eigenvalue weighted by Gasteiger charge is -2.49. The molecule has 3 saturated heterocycles. The highest BCUT2D eigenvalue weighted by Crippen LogP contribution is 2.41. The third-order valence-electron chi connectivity index (χ3n) is 8.63. The number of nitrogens with zero attached hydrogens (tertiary/aromatic N) is 2. The Kier molecular flexibility index (Phi) is 6.29. The Balaban J connectivity index is 1.22. The van der Waals surface area contributed by atoms with Gasteiger partial charge >= 0.3 is 0 Å². The van der Waals surface area contributed by atoms with Crippen LogP contribution in [-0.2, 0) is 5.41 Å². The Labute approximate surface area is 237 Å². The number of aromatic nitrogens is 1. The molecule has 0 aliphatic carbocycles. The van der Waals surface area contributed by atoms with Crippen LogP contribution < -0.4 is 31.3 Å². The number of hydrogen-bond donors (Lipinski definition) is 8. The number of para-hydroxylation sites is 1. The van der Waals surface area contributed by atoms with E-state index in [0.29, 0.717) is 23.6 Å². The molecule has 0 radical (unpaired) electrons. The molecule has 5 atom stereocenters. The van der Waals surface area contributed by atoms with Crippen LogP contribution in [0.4, 0.5) is 0 Å². The Morgan fingerprint density at radius 3 is 2.73 bits per heavy atom. The van der Waals surface area contributed by atoms with E-state index in [-0.39, 0.29) is 47.9 Å². The molecule has 0 bridgehead atoms. The molecule has 1 spiro atoms. The summed E-state index contributed by atoms with van der Waals surface area (Å²) in [5, 5.41) is 43.8. The van der Waals surface area contributed by atoms with E-state index < -0.39 is 29.9 Å². The van der Waals surface area contributed by atoms with Crippen LogP contribution in [0.15, 0.2) is 36.4 Å². The molecule has 3 unspecified atom stereocenters. The van der Waals surface area contributed by atoms with Crippen molar-refractivity contribution in [1.29, 1.82) is 10.8 Å². The molecular weight excluding hydrogens is 526 g/mol. The number of carbonyl (C=O) groups is 2. The van der Waals surface area contributed by atoms with E-state index in [1.54, 1.807) is 36.1 Å². The smallest absolute Gasteiger partial charge is 0.269 e. The molecule has 216 valence electrons. The van der Waals surface area contributed by atoms with Gasteiger partial charge in [-0.15, -0.1) is 0 Å². The average Bonchev–Trinajstić information content (AvgIpc) is 3.43. The van der Waals surface area contributed by atoms with Crippen LogP contribution >= 0.6 is 0 Å². The molecule has 8 N–H and O–H groups in total. The van der Waals surface area contributed by atoms with Gasteiger partial charge in [0.1, 0.15) is 17.5 Å². The van der Waals surface area contributed by atoms with Gasteiger partial charge < -0.3 is 41.3 Å². The van der Waals surface area contributed by atoms with Crippen molar-refractivity contribution >= 4 is 23.7 Å². The molecule has 6 rings (SSSR count). The van der Waals surface area contributed by atoms with E-state index in [2.05, 4.69) is 45.4 Å². The Morgan fingerprint density at radius 1 is 1.17 bits per heavy atom. The second-order valence-electron chi connectivity index (χ2n) is 11.7. The minimum atomic E-state index is -1.29. The van der Waals surface area contributed by atoms with Gasteiger partial charge in [0.15, 0.2) is 17.6 Å². The van der Waals surface area contributed by atoms with Crippen molar-refractivity contribution in [3.05, 3.63) is 58.9 Å². The van der Waals surface area contributed by atoms with Crippen LogP contribution in [-0.4, -0.2) is 88.3 Å². The zero-order valence-corrected chi connectivity index (χ0v) is 23.2. The Morgan fingerprint density at radius 2 is 1.95 bits per heavy atom. The summed E-state index contributed by atoms with van der Waals surface area (Å²) in [4.78, 5) is 32.2. The summed E-state index contributed by atoms with van der Waals surface area (Å²) in [6, 6.07) is 8.77. The van der Waals surface area contributed by atoms with Crippen LogP contribution in [0, 0.1) is 17.7 Å². The molecule has 1 aromatic heterocycles. The zero-order valence-electron chi connectivity index (χ0n) is 23.2. The largest absolute Gasteiger partial charge is 0.492 e. The number of aliphatic hydroxyl groups is 1. The van der Waals surface area contributed by atoms with Crippen molar-refractivity contribution in [1.82, 2.24) is 36.5 Å². The number of amides is 2. The lowest BCUT2D eigenvalue weighted by Crippen LogP contribution is -2.78. The monoisotopic (exact) mass is 561 g/mol. The van der Waals surface area contributed by atoms with Crippen molar-refractivity contribution in [2.24, 2.45) is 0 Å². The molecule has 5 heterocycles. The number of aryl methyl sites for hydroxylation is 1. The fourth-order valence-corrected chi connectivity index (χ4v) is 6.46. The number of nitrogens with one attached hydrogen (secondary N) is 7. The van der Waals surface area contributed by atoms with Crippen molar-refractivity contribution in [2.75, 3.05) is 19.7 Å². The lowest BCUT2D eigenvalue weighted by atomic mass is 9.79. The summed E-state index contributed by atoms with van der Waals surface area (Å²) >= 11 is 0. The zero-order chi connectivity index (χ0) is 29.1. The lowest BCUT2D eigenvalue weighted by molar-refractivity contribution is 0.00611. The van der Waals surface area contributed by atoms with E-state index in [1.165, 1.54) is 0 Å². The Hall–Kier alpha value is -4.39. The summed E-state index contributed by atoms with van der Waals surface area (Å²) in [7, 11) is 0. The number of rotatable bonds is 5. The summed E-state index contributed by atoms with van der Waals surface area (Å²) in [6.45, 7) is 6.79. The predicted molar refractivity (Wildman–Crippen MR) is 150 cm³/mol. The molecule has 4 aliphatic rings. The van der Waals surface area contributed by atoms with E-state index in [1.807, 2.05) is 12.1 Å². The maximum atomic E-state index is 13.5. The van der Waals surface area contributed by atoms with Gasteiger partial charge in [-0.2, -0.15) is 0 Å². The van der Waals surface area contributed by atoms with Gasteiger partial charge in [-0.3, -0.25) is 20.4 Å². The number of carbonyl (C=O) groups excluding carboxylic acids is 2. The molecular formula is C28H35N9O4. The van der Waals surface area contributed by atoms with Crippen molar-refractivity contribution in [3.63, 3.8) is 0 Å². The molecule has 13 heteroatoms. The summed E-state index contributed by atoms with van der Waals surface area (Å²) in [5.41, 5.74) is 0.925. The molecule has 2 aromatic rings. The predicted octanol–water partition coefficient (Wildman–Crippen LogP) is -0.246. The SMILES string of the molecule is Cc1cccc(C(=O)NC[C@@H]2NC(=N)N3CC(NC(=O)c4cccc5c4OCCC5(C)C)[C@@H](O)C34NC(=N)NC24)n1. The number of hydrogen-bond acceptors (Lipinski definition) is 7. The van der Waals surface area contributed by atoms with Crippen LogP contribution in [0.25, 0.3) is 0 Å². The number of pyridine rings is 1. The van der Waals surface area contributed by atoms with Gasteiger partial charge in [0.2, 0.25) is 0 Å². The first-order chi connectivity index (χ1) is 19.5. The minimum Gasteiger partial charge on any atom is -0.492 e. The number of ether oxygens (including phenoxy) is 1. The standard InChI is InChI=1S/C28H35N9O4/c1-14-6-4-9-17(32-14)24(40)31-12-18-21-28(36-25(29)35-21)22(38)19(13-37(28)26(30)34-18)33-23(39)15-7-5-8-16-20(15)41-11-10-27(16,2)3/h4-9,18-19,21-22,38H,10-13H2,1-3H3,(H2,30,34)(H,31,40)(H,33,39)(H3,29,35,36)/t18-,19?,21?,22+,28?/m0/s1. The number of guanidine groups is 2. The maximum Gasteiger partial charge on any atom is 0.269 e. The normalized spacial score (nSPS) is 29.1. The topological polar surface area (TPSA) is 188 Å². The molecule has 0 saturated carbocycles. The second kappa shape index (κ2) is 9.61. The summed E-state index contributed by atoms with van der Waals surface area (Å²) in [5.74, 6) is -0.207. The van der Waals surface area contributed by atoms with Gasteiger partial charge in [0.05, 0.1) is 30.3 Å². The third kappa shape index (κ3) is 4.31. The maximum absolute atomic E-state index is 13.5. The Bertz CT molecular complexity index is 1450. The highest BCUT2D eigenvalue weighted by atomic mass is 16.5. The van der Waals surface area contributed by atoms with Crippen molar-refractivity contribution < 1.29 is 19.4 Å². The van der Waals surface area contributed by atoms with E-state index in [4.69, 9.17) is 15.6 Å². The van der Waals surface area contributed by atoms with Gasteiger partial charge in [-0.1, -0.05) is 32.0 Å². The molecule has 41 heavy (non-hydrogen) atoms. The van der Waals surface area contributed by atoms with Crippen LogP contribution in [0.5, 0.6) is 5.75 Å². The van der Waals surface area contributed by atoms with Gasteiger partial charge in [0.25, 0.3) is 11.8 Å². The first-order valence-corrected chi connectivity index (χ1v) is 13.7. The fourth-order valence-electron chi connectivity index (χ4n) is 6.46. The number of benzene rings is 1. The van der Waals surface area contributed by atoms with E-state index in [0.717, 1.165) is 12.0 Å². The van der Waals surface area contributed by atoms with E-state index in [9.17, 15) is 14.7 Å². The first-order valence-electron chi connectivity index (χ1n) is 13.7.